The van der Waals surface area contributed by atoms with E-state index in [0.29, 0.717) is 12.3 Å². The molecule has 1 atom stereocenters. The van der Waals surface area contributed by atoms with Crippen LogP contribution in [0.2, 0.25) is 0 Å². The van der Waals surface area contributed by atoms with Crippen LogP contribution in [0, 0.1) is 17.5 Å². The molecule has 0 spiro atoms. The van der Waals surface area contributed by atoms with Crippen LogP contribution in [0.15, 0.2) is 54.7 Å². The molecule has 2 amide bonds. The number of ether oxygens (including phenoxy) is 1. The van der Waals surface area contributed by atoms with E-state index < -0.39 is 23.5 Å². The van der Waals surface area contributed by atoms with Gasteiger partial charge in [-0.05, 0) is 37.3 Å². The molecule has 0 fully saturated rings. The minimum absolute atomic E-state index is 0.0928. The van der Waals surface area contributed by atoms with Gasteiger partial charge in [-0.1, -0.05) is 6.07 Å². The third-order valence-electron chi connectivity index (χ3n) is 4.40. The molecule has 0 radical (unpaired) electrons. The molecular formula is C22H22F3N5O2. The summed E-state index contributed by atoms with van der Waals surface area (Å²) in [7, 11) is 1.57. The predicted molar refractivity (Wildman–Crippen MR) is 114 cm³/mol. The van der Waals surface area contributed by atoms with Gasteiger partial charge in [0.1, 0.15) is 23.3 Å². The molecule has 2 aromatic carbocycles. The normalized spacial score (nSPS) is 11.7. The number of hydrogen-bond donors (Lipinski definition) is 2. The Bertz CT molecular complexity index is 1070. The number of anilines is 3. The van der Waals surface area contributed by atoms with Crippen LogP contribution < -0.4 is 15.5 Å². The zero-order valence-electron chi connectivity index (χ0n) is 17.5. The fourth-order valence-electron chi connectivity index (χ4n) is 2.91. The summed E-state index contributed by atoms with van der Waals surface area (Å²) in [6, 6.07) is 9.10. The maximum absolute atomic E-state index is 13.9. The minimum Gasteiger partial charge on any atom is -0.383 e. The summed E-state index contributed by atoms with van der Waals surface area (Å²) in [6.07, 6.45) is 1.47. The number of halogens is 3. The summed E-state index contributed by atoms with van der Waals surface area (Å²) < 4.78 is 45.6. The average Bonchev–Trinajstić information content (AvgIpc) is 2.75. The Balaban J connectivity index is 1.87. The molecule has 32 heavy (non-hydrogen) atoms. The van der Waals surface area contributed by atoms with Gasteiger partial charge < -0.3 is 15.4 Å². The minimum atomic E-state index is -0.778. The van der Waals surface area contributed by atoms with Gasteiger partial charge in [0.2, 0.25) is 5.95 Å². The van der Waals surface area contributed by atoms with Crippen molar-refractivity contribution in [1.29, 1.82) is 0 Å². The second kappa shape index (κ2) is 10.6. The van der Waals surface area contributed by atoms with Crippen LogP contribution in [0.25, 0.3) is 0 Å². The molecule has 1 heterocycles. The maximum Gasteiger partial charge on any atom is 0.327 e. The zero-order valence-corrected chi connectivity index (χ0v) is 17.5. The van der Waals surface area contributed by atoms with Crippen LogP contribution in [0.5, 0.6) is 0 Å². The fraction of sp³-hybridized carbons (Fsp3) is 0.227. The van der Waals surface area contributed by atoms with Gasteiger partial charge in [0.15, 0.2) is 0 Å². The van der Waals surface area contributed by atoms with Crippen molar-refractivity contribution in [2.75, 3.05) is 23.9 Å². The van der Waals surface area contributed by atoms with Crippen molar-refractivity contribution in [2.24, 2.45) is 0 Å². The lowest BCUT2D eigenvalue weighted by atomic mass is 10.2. The molecule has 0 saturated carbocycles. The molecule has 3 rings (SSSR count). The summed E-state index contributed by atoms with van der Waals surface area (Å²) in [4.78, 5) is 22.8. The van der Waals surface area contributed by atoms with Crippen LogP contribution in [0.4, 0.5) is 35.4 Å². The smallest absolute Gasteiger partial charge is 0.327 e. The van der Waals surface area contributed by atoms with Gasteiger partial charge in [-0.15, -0.1) is 0 Å². The number of rotatable bonds is 8. The van der Waals surface area contributed by atoms with E-state index in [9.17, 15) is 18.0 Å². The Morgan fingerprint density at radius 2 is 1.81 bits per heavy atom. The van der Waals surface area contributed by atoms with E-state index in [1.54, 1.807) is 7.11 Å². The van der Waals surface area contributed by atoms with Crippen molar-refractivity contribution < 1.29 is 22.7 Å². The highest BCUT2D eigenvalue weighted by molar-refractivity contribution is 5.98. The van der Waals surface area contributed by atoms with E-state index in [0.717, 1.165) is 12.1 Å². The Labute approximate surface area is 183 Å². The second-order valence-electron chi connectivity index (χ2n) is 6.95. The first-order valence-electron chi connectivity index (χ1n) is 9.73. The standard InChI is InChI=1S/C22H22F3N5O2/c1-14(13-32-2)28-21-26-10-9-20(29-21)30(18-7-5-16(23)6-8-18)22(31)27-12-15-3-4-17(24)11-19(15)25/h3-11,14H,12-13H2,1-2H3,(H,27,31)(H,26,28,29)/t14-/m0/s1. The molecule has 0 saturated heterocycles. The first kappa shape index (κ1) is 23.0. The van der Waals surface area contributed by atoms with Crippen LogP contribution in [-0.2, 0) is 11.3 Å². The number of carbonyl (C=O) groups excluding carboxylic acids is 1. The number of nitrogens with one attached hydrogen (secondary N) is 2. The van der Waals surface area contributed by atoms with Crippen molar-refractivity contribution >= 4 is 23.5 Å². The Kier molecular flexibility index (Phi) is 7.61. The van der Waals surface area contributed by atoms with Gasteiger partial charge in [-0.2, -0.15) is 4.98 Å². The van der Waals surface area contributed by atoms with E-state index in [2.05, 4.69) is 20.6 Å². The van der Waals surface area contributed by atoms with E-state index in [1.165, 1.54) is 47.5 Å². The topological polar surface area (TPSA) is 79.4 Å². The summed E-state index contributed by atoms with van der Waals surface area (Å²) in [6.45, 7) is 2.10. The number of nitrogens with zero attached hydrogens (tertiary/aromatic N) is 3. The second-order valence-corrected chi connectivity index (χ2v) is 6.95. The van der Waals surface area contributed by atoms with E-state index in [-0.39, 0.29) is 29.9 Å². The van der Waals surface area contributed by atoms with Crippen molar-refractivity contribution in [3.63, 3.8) is 0 Å². The Morgan fingerprint density at radius 1 is 1.09 bits per heavy atom. The number of amides is 2. The highest BCUT2D eigenvalue weighted by atomic mass is 19.1. The average molecular weight is 445 g/mol. The quantitative estimate of drug-likeness (QED) is 0.538. The van der Waals surface area contributed by atoms with Crippen LogP contribution in [0.1, 0.15) is 12.5 Å². The molecule has 2 N–H and O–H groups in total. The summed E-state index contributed by atoms with van der Waals surface area (Å²) in [5, 5.41) is 5.64. The lowest BCUT2D eigenvalue weighted by molar-refractivity contribution is 0.190. The monoisotopic (exact) mass is 445 g/mol. The molecular weight excluding hydrogens is 423 g/mol. The Hall–Kier alpha value is -3.66. The molecule has 7 nitrogen and oxygen atoms in total. The van der Waals surface area contributed by atoms with E-state index in [1.807, 2.05) is 6.92 Å². The molecule has 0 aliphatic carbocycles. The maximum atomic E-state index is 13.9. The first-order valence-corrected chi connectivity index (χ1v) is 9.73. The van der Waals surface area contributed by atoms with E-state index >= 15 is 0 Å². The van der Waals surface area contributed by atoms with Gasteiger partial charge in [0, 0.05) is 43.6 Å². The van der Waals surface area contributed by atoms with Gasteiger partial charge in [-0.25, -0.2) is 27.8 Å². The highest BCUT2D eigenvalue weighted by Gasteiger charge is 2.21. The molecule has 0 aliphatic heterocycles. The molecule has 0 unspecified atom stereocenters. The fourth-order valence-corrected chi connectivity index (χ4v) is 2.91. The van der Waals surface area contributed by atoms with Crippen molar-refractivity contribution in [2.45, 2.75) is 19.5 Å². The largest absolute Gasteiger partial charge is 0.383 e. The number of aromatic nitrogens is 2. The van der Waals surface area contributed by atoms with Gasteiger partial charge in [-0.3, -0.25) is 0 Å². The van der Waals surface area contributed by atoms with Crippen molar-refractivity contribution in [3.8, 4) is 0 Å². The molecule has 10 heteroatoms. The zero-order chi connectivity index (χ0) is 23.1. The lowest BCUT2D eigenvalue weighted by Crippen LogP contribution is -2.37. The summed E-state index contributed by atoms with van der Waals surface area (Å²) >= 11 is 0. The summed E-state index contributed by atoms with van der Waals surface area (Å²) in [5.41, 5.74) is 0.440. The van der Waals surface area contributed by atoms with Crippen LogP contribution >= 0.6 is 0 Å². The third-order valence-corrected chi connectivity index (χ3v) is 4.40. The van der Waals surface area contributed by atoms with Crippen LogP contribution in [0.3, 0.4) is 0 Å². The van der Waals surface area contributed by atoms with Gasteiger partial charge >= 0.3 is 6.03 Å². The van der Waals surface area contributed by atoms with E-state index in [4.69, 9.17) is 4.74 Å². The SMILES string of the molecule is COC[C@H](C)Nc1nccc(N(C(=O)NCc2ccc(F)cc2F)c2ccc(F)cc2)n1. The number of methoxy groups -OCH3 is 1. The highest BCUT2D eigenvalue weighted by Crippen LogP contribution is 2.25. The molecule has 168 valence electrons. The van der Waals surface area contributed by atoms with Crippen molar-refractivity contribution in [3.05, 3.63) is 77.7 Å². The molecule has 1 aromatic heterocycles. The lowest BCUT2D eigenvalue weighted by Gasteiger charge is -2.23. The molecule has 3 aromatic rings. The first-order chi connectivity index (χ1) is 15.4. The van der Waals surface area contributed by atoms with Gasteiger partial charge in [0.05, 0.1) is 12.3 Å². The van der Waals surface area contributed by atoms with Gasteiger partial charge in [0.25, 0.3) is 0 Å². The number of carbonyl (C=O) groups is 1. The Morgan fingerprint density at radius 3 is 2.50 bits per heavy atom. The number of urea groups is 1. The predicted octanol–water partition coefficient (Wildman–Crippen LogP) is 4.39. The van der Waals surface area contributed by atoms with Crippen molar-refractivity contribution in [1.82, 2.24) is 15.3 Å². The summed E-state index contributed by atoms with van der Waals surface area (Å²) in [5.74, 6) is -1.50. The third kappa shape index (κ3) is 5.94. The molecule has 0 aliphatic rings. The number of hydrogen-bond acceptors (Lipinski definition) is 5. The van der Waals surface area contributed by atoms with Crippen LogP contribution in [-0.4, -0.2) is 35.8 Å². The number of benzene rings is 2. The molecule has 0 bridgehead atoms.